The number of nitrogens with two attached hydrogens (primary N) is 1. The van der Waals surface area contributed by atoms with Gasteiger partial charge in [-0.25, -0.2) is 4.39 Å². The van der Waals surface area contributed by atoms with E-state index in [-0.39, 0.29) is 17.5 Å². The Hall–Kier alpha value is -3.06. The third kappa shape index (κ3) is 9.05. The van der Waals surface area contributed by atoms with Crippen LogP contribution in [0.2, 0.25) is 0 Å². The quantitative estimate of drug-likeness (QED) is 0.193. The van der Waals surface area contributed by atoms with Gasteiger partial charge in [-0.2, -0.15) is 4.39 Å². The number of nitrogens with one attached hydrogen (secondary N) is 2. The van der Waals surface area contributed by atoms with Crippen molar-refractivity contribution in [2.45, 2.75) is 89.4 Å². The van der Waals surface area contributed by atoms with E-state index in [0.29, 0.717) is 29.4 Å². The second-order valence-electron chi connectivity index (χ2n) is 13.2. The third-order valence-electron chi connectivity index (χ3n) is 9.86. The van der Waals surface area contributed by atoms with Crippen molar-refractivity contribution in [2.75, 3.05) is 69.0 Å². The van der Waals surface area contributed by atoms with Gasteiger partial charge in [0.05, 0.1) is 16.3 Å². The first-order valence-electron chi connectivity index (χ1n) is 16.8. The smallest absolute Gasteiger partial charge is 0.327 e. The van der Waals surface area contributed by atoms with E-state index in [1.807, 2.05) is 13.0 Å². The van der Waals surface area contributed by atoms with Crippen molar-refractivity contribution in [3.8, 4) is 0 Å². The van der Waals surface area contributed by atoms with E-state index < -0.39 is 16.4 Å². The van der Waals surface area contributed by atoms with E-state index in [4.69, 9.17) is 15.2 Å². The Labute approximate surface area is 271 Å². The minimum atomic E-state index is -0.776. The summed E-state index contributed by atoms with van der Waals surface area (Å²) in [6.07, 6.45) is 8.41. The summed E-state index contributed by atoms with van der Waals surface area (Å²) in [5.41, 5.74) is 8.24. The zero-order valence-electron chi connectivity index (χ0n) is 27.2. The number of rotatable bonds is 7. The Kier molecular flexibility index (Phi) is 12.0. The highest BCUT2D eigenvalue weighted by atomic mass is 19.1. The van der Waals surface area contributed by atoms with Gasteiger partial charge in [-0.1, -0.05) is 0 Å². The van der Waals surface area contributed by atoms with Gasteiger partial charge < -0.3 is 35.6 Å². The summed E-state index contributed by atoms with van der Waals surface area (Å²) in [7, 11) is 0. The fourth-order valence-electron chi connectivity index (χ4n) is 7.26. The summed E-state index contributed by atoms with van der Waals surface area (Å²) in [5.74, 6) is -1.11. The van der Waals surface area contributed by atoms with Crippen LogP contribution in [0.25, 0.3) is 0 Å². The van der Waals surface area contributed by atoms with Crippen molar-refractivity contribution in [2.24, 2.45) is 0 Å². The predicted molar refractivity (Wildman–Crippen MR) is 177 cm³/mol. The lowest BCUT2D eigenvalue weighted by Gasteiger charge is -2.39. The van der Waals surface area contributed by atoms with Crippen LogP contribution < -0.4 is 16.4 Å². The van der Waals surface area contributed by atoms with Gasteiger partial charge >= 0.3 is 5.69 Å². The molecule has 2 aromatic rings. The molecule has 2 aromatic carbocycles. The fourth-order valence-corrected chi connectivity index (χ4v) is 7.26. The predicted octanol–water partition coefficient (Wildman–Crippen LogP) is 5.87. The van der Waals surface area contributed by atoms with Crippen LogP contribution in [-0.2, 0) is 9.47 Å². The van der Waals surface area contributed by atoms with Crippen LogP contribution >= 0.6 is 0 Å². The second kappa shape index (κ2) is 16.2. The molecule has 0 amide bonds. The Bertz CT molecular complexity index is 1310. The van der Waals surface area contributed by atoms with Crippen molar-refractivity contribution in [3.05, 3.63) is 57.1 Å². The molecule has 0 unspecified atom stereocenters. The van der Waals surface area contributed by atoms with Crippen molar-refractivity contribution < 1.29 is 23.2 Å². The lowest BCUT2D eigenvalue weighted by Crippen LogP contribution is -2.46. The number of hydrogen-bond donors (Lipinski definition) is 3. The Balaban J connectivity index is 0.000000182. The molecule has 0 saturated carbocycles. The van der Waals surface area contributed by atoms with Gasteiger partial charge in [0.25, 0.3) is 0 Å². The summed E-state index contributed by atoms with van der Waals surface area (Å²) >= 11 is 0. The van der Waals surface area contributed by atoms with Crippen LogP contribution in [0.15, 0.2) is 24.3 Å². The van der Waals surface area contributed by atoms with Gasteiger partial charge in [-0.3, -0.25) is 10.1 Å². The number of piperidine rings is 2. The highest BCUT2D eigenvalue weighted by Gasteiger charge is 2.29. The average Bonchev–Trinajstić information content (AvgIpc) is 3.05. The van der Waals surface area contributed by atoms with E-state index in [9.17, 15) is 18.9 Å². The third-order valence-corrected chi connectivity index (χ3v) is 9.86. The molecule has 0 spiro atoms. The first-order chi connectivity index (χ1) is 22.2. The van der Waals surface area contributed by atoms with Gasteiger partial charge in [0.2, 0.25) is 5.82 Å². The van der Waals surface area contributed by atoms with Gasteiger partial charge in [0.15, 0.2) is 0 Å². The molecule has 0 bridgehead atoms. The summed E-state index contributed by atoms with van der Waals surface area (Å²) in [6.45, 7) is 11.2. The van der Waals surface area contributed by atoms with Gasteiger partial charge in [0.1, 0.15) is 11.5 Å². The lowest BCUT2D eigenvalue weighted by molar-refractivity contribution is -0.386. The first kappa shape index (κ1) is 34.3. The number of ether oxygens (including phenoxy) is 2. The highest BCUT2D eigenvalue weighted by Crippen LogP contribution is 2.32. The molecule has 4 aliphatic rings. The molecule has 10 nitrogen and oxygen atoms in total. The van der Waals surface area contributed by atoms with Crippen molar-refractivity contribution in [3.63, 3.8) is 0 Å². The molecule has 4 heterocycles. The summed E-state index contributed by atoms with van der Waals surface area (Å²) in [4.78, 5) is 15.6. The first-order valence-corrected chi connectivity index (χ1v) is 16.8. The number of halogens is 2. The summed E-state index contributed by atoms with van der Waals surface area (Å²) in [6, 6.07) is 8.06. The van der Waals surface area contributed by atoms with E-state index in [0.717, 1.165) is 115 Å². The Morgan fingerprint density at radius 3 is 1.59 bits per heavy atom. The standard InChI is InChI=1S/C17H24FN3O3.C17H26FN3O/c1-12-10-15(18)17(21(22)23)16(11-12)19-13-2-6-20(7-3-13)14-4-8-24-9-5-14;1-12-10-15(18)17(19)16(11-12)20-13-2-6-21(7-3-13)14-4-8-22-9-5-14/h10-11,13-14,19H,2-9H2,1H3;10-11,13-14,20H,2-9,19H2,1H3. The zero-order chi connectivity index (χ0) is 32.6. The number of nitrogen functional groups attached to an aromatic ring is 1. The Morgan fingerprint density at radius 1 is 0.717 bits per heavy atom. The van der Waals surface area contributed by atoms with E-state index >= 15 is 0 Å². The van der Waals surface area contributed by atoms with E-state index in [1.54, 1.807) is 13.0 Å². The van der Waals surface area contributed by atoms with Crippen LogP contribution in [0.4, 0.5) is 31.5 Å². The SMILES string of the molecule is Cc1cc(F)c(N)c(NC2CCN(C3CCOCC3)CC2)c1.Cc1cc(F)c([N+](=O)[O-])c(NC2CCN(C3CCOCC3)CC2)c1. The maximum atomic E-state index is 13.9. The Morgan fingerprint density at radius 2 is 1.13 bits per heavy atom. The molecule has 0 atom stereocenters. The minimum Gasteiger partial charge on any atom is -0.395 e. The van der Waals surface area contributed by atoms with E-state index in [2.05, 4.69) is 20.4 Å². The van der Waals surface area contributed by atoms with Crippen LogP contribution in [0.1, 0.15) is 62.5 Å². The van der Waals surface area contributed by atoms with Crippen LogP contribution in [0, 0.1) is 35.6 Å². The minimum absolute atomic E-state index is 0.140. The number of anilines is 3. The number of benzene rings is 2. The molecular weight excluding hydrogens is 594 g/mol. The molecule has 4 fully saturated rings. The van der Waals surface area contributed by atoms with Crippen molar-refractivity contribution in [1.29, 1.82) is 0 Å². The fraction of sp³-hybridized carbons (Fsp3) is 0.647. The van der Waals surface area contributed by atoms with Crippen LogP contribution in [0.5, 0.6) is 0 Å². The number of nitro benzene ring substituents is 1. The van der Waals surface area contributed by atoms with E-state index in [1.165, 1.54) is 12.1 Å². The number of hydrogen-bond acceptors (Lipinski definition) is 9. The number of nitrogens with zero attached hydrogens (tertiary/aromatic N) is 3. The van der Waals surface area contributed by atoms with Crippen molar-refractivity contribution >= 4 is 22.7 Å². The average molecular weight is 645 g/mol. The topological polar surface area (TPSA) is 118 Å². The molecule has 254 valence electrons. The molecule has 4 N–H and O–H groups in total. The molecule has 12 heteroatoms. The summed E-state index contributed by atoms with van der Waals surface area (Å²) < 4.78 is 38.5. The highest BCUT2D eigenvalue weighted by molar-refractivity contribution is 5.68. The largest absolute Gasteiger partial charge is 0.395 e. The molecule has 0 aromatic heterocycles. The van der Waals surface area contributed by atoms with Crippen LogP contribution in [-0.4, -0.2) is 91.5 Å². The van der Waals surface area contributed by atoms with Gasteiger partial charge in [-0.05, 0) is 101 Å². The van der Waals surface area contributed by atoms with Gasteiger partial charge in [-0.15, -0.1) is 0 Å². The number of likely N-dealkylation sites (tertiary alicyclic amines) is 2. The monoisotopic (exact) mass is 644 g/mol. The lowest BCUT2D eigenvalue weighted by atomic mass is 9.99. The maximum Gasteiger partial charge on any atom is 0.327 e. The molecule has 46 heavy (non-hydrogen) atoms. The van der Waals surface area contributed by atoms with Gasteiger partial charge in [0, 0.05) is 76.8 Å². The second-order valence-corrected chi connectivity index (χ2v) is 13.2. The molecule has 4 aliphatic heterocycles. The molecular formula is C34H50F2N6O4. The van der Waals surface area contributed by atoms with Crippen LogP contribution in [0.3, 0.4) is 0 Å². The summed E-state index contributed by atoms with van der Waals surface area (Å²) in [5, 5.41) is 17.8. The molecule has 0 radical (unpaired) electrons. The van der Waals surface area contributed by atoms with Crippen molar-refractivity contribution in [1.82, 2.24) is 9.80 Å². The number of nitro groups is 1. The zero-order valence-corrected chi connectivity index (χ0v) is 27.2. The molecule has 0 aliphatic carbocycles. The molecule has 4 saturated heterocycles. The normalized spacial score (nSPS) is 21.4. The maximum absolute atomic E-state index is 13.9. The molecule has 6 rings (SSSR count). The number of aryl methyl sites for hydroxylation is 2.